The van der Waals surface area contributed by atoms with Crippen LogP contribution in [0, 0.1) is 13.8 Å². The molecule has 0 saturated carbocycles. The van der Waals surface area contributed by atoms with Crippen LogP contribution in [0.25, 0.3) is 0 Å². The van der Waals surface area contributed by atoms with Crippen molar-refractivity contribution >= 4 is 23.2 Å². The molecule has 3 heteroatoms. The summed E-state index contributed by atoms with van der Waals surface area (Å²) in [6, 6.07) is 11.9. The second kappa shape index (κ2) is 5.96. The van der Waals surface area contributed by atoms with E-state index < -0.39 is 0 Å². The van der Waals surface area contributed by atoms with Gasteiger partial charge in [0.1, 0.15) is 0 Å². The summed E-state index contributed by atoms with van der Waals surface area (Å²) >= 11 is 12.2. The number of hydrogen-bond donors (Lipinski definition) is 1. The zero-order chi connectivity index (χ0) is 14.0. The van der Waals surface area contributed by atoms with Crippen molar-refractivity contribution < 1.29 is 0 Å². The highest BCUT2D eigenvalue weighted by molar-refractivity contribution is 6.42. The second-order valence-electron chi connectivity index (χ2n) is 4.87. The van der Waals surface area contributed by atoms with Crippen LogP contribution in [0.15, 0.2) is 36.4 Å². The molecule has 0 fully saturated rings. The first-order chi connectivity index (χ1) is 8.99. The Kier molecular flexibility index (Phi) is 4.51. The lowest BCUT2D eigenvalue weighted by molar-refractivity contribution is 0.721. The van der Waals surface area contributed by atoms with E-state index >= 15 is 0 Å². The molecule has 0 aliphatic heterocycles. The SMILES string of the molecule is Cc1ccc(C(N)Cc2cccc(Cl)c2Cl)cc1C. The first kappa shape index (κ1) is 14.4. The minimum Gasteiger partial charge on any atom is -0.324 e. The molecule has 0 aromatic heterocycles. The lowest BCUT2D eigenvalue weighted by atomic mass is 9.96. The van der Waals surface area contributed by atoms with E-state index in [-0.39, 0.29) is 6.04 Å². The summed E-state index contributed by atoms with van der Waals surface area (Å²) in [5.41, 5.74) is 10.9. The number of benzene rings is 2. The molecule has 2 aromatic carbocycles. The van der Waals surface area contributed by atoms with Crippen LogP contribution in [0.1, 0.15) is 28.3 Å². The molecule has 1 atom stereocenters. The highest BCUT2D eigenvalue weighted by Gasteiger charge is 2.11. The van der Waals surface area contributed by atoms with E-state index in [1.54, 1.807) is 6.07 Å². The van der Waals surface area contributed by atoms with Gasteiger partial charge in [0.15, 0.2) is 0 Å². The highest BCUT2D eigenvalue weighted by Crippen LogP contribution is 2.28. The average Bonchev–Trinajstić information content (AvgIpc) is 2.38. The number of nitrogens with two attached hydrogens (primary N) is 1. The Morgan fingerprint density at radius 3 is 2.47 bits per heavy atom. The molecule has 0 amide bonds. The van der Waals surface area contributed by atoms with Gasteiger partial charge in [0.2, 0.25) is 0 Å². The van der Waals surface area contributed by atoms with Gasteiger partial charge in [-0.15, -0.1) is 0 Å². The predicted octanol–water partition coefficient (Wildman–Crippen LogP) is 4.85. The molecule has 1 nitrogen and oxygen atoms in total. The van der Waals surface area contributed by atoms with Crippen LogP contribution >= 0.6 is 23.2 Å². The van der Waals surface area contributed by atoms with Crippen molar-refractivity contribution in [1.82, 2.24) is 0 Å². The van der Waals surface area contributed by atoms with E-state index in [4.69, 9.17) is 28.9 Å². The van der Waals surface area contributed by atoms with Gasteiger partial charge in [0.25, 0.3) is 0 Å². The lowest BCUT2D eigenvalue weighted by Crippen LogP contribution is -2.14. The highest BCUT2D eigenvalue weighted by atomic mass is 35.5. The van der Waals surface area contributed by atoms with Gasteiger partial charge >= 0.3 is 0 Å². The van der Waals surface area contributed by atoms with Crippen molar-refractivity contribution in [3.8, 4) is 0 Å². The van der Waals surface area contributed by atoms with Crippen molar-refractivity contribution in [2.75, 3.05) is 0 Å². The van der Waals surface area contributed by atoms with E-state index in [0.717, 1.165) is 11.1 Å². The minimum atomic E-state index is -0.0738. The Morgan fingerprint density at radius 1 is 1.05 bits per heavy atom. The Labute approximate surface area is 124 Å². The van der Waals surface area contributed by atoms with Crippen LogP contribution in [-0.4, -0.2) is 0 Å². The molecule has 2 rings (SSSR count). The molecule has 100 valence electrons. The maximum absolute atomic E-state index is 6.26. The molecule has 0 aliphatic rings. The smallest absolute Gasteiger partial charge is 0.0624 e. The van der Waals surface area contributed by atoms with Crippen LogP contribution in [0.4, 0.5) is 0 Å². The van der Waals surface area contributed by atoms with E-state index in [1.807, 2.05) is 12.1 Å². The number of aryl methyl sites for hydroxylation is 2. The predicted molar refractivity (Wildman–Crippen MR) is 83.0 cm³/mol. The van der Waals surface area contributed by atoms with E-state index in [2.05, 4.69) is 32.0 Å². The third-order valence-electron chi connectivity index (χ3n) is 3.43. The molecule has 0 spiro atoms. The zero-order valence-electron chi connectivity index (χ0n) is 11.1. The standard InChI is InChI=1S/C16H17Cl2N/c1-10-6-7-12(8-11(10)2)15(19)9-13-4-3-5-14(17)16(13)18/h3-8,15H,9,19H2,1-2H3. The Hall–Kier alpha value is -1.02. The molecule has 2 aromatic rings. The first-order valence-corrected chi connectivity index (χ1v) is 7.00. The molecule has 0 bridgehead atoms. The topological polar surface area (TPSA) is 26.0 Å². The van der Waals surface area contributed by atoms with Crippen molar-refractivity contribution in [2.24, 2.45) is 5.73 Å². The number of hydrogen-bond acceptors (Lipinski definition) is 1. The summed E-state index contributed by atoms with van der Waals surface area (Å²) in [5.74, 6) is 0. The summed E-state index contributed by atoms with van der Waals surface area (Å²) < 4.78 is 0. The largest absolute Gasteiger partial charge is 0.324 e. The van der Waals surface area contributed by atoms with Crippen molar-refractivity contribution in [3.05, 3.63) is 68.7 Å². The fraction of sp³-hybridized carbons (Fsp3) is 0.250. The number of rotatable bonds is 3. The van der Waals surface area contributed by atoms with Gasteiger partial charge in [-0.2, -0.15) is 0 Å². The van der Waals surface area contributed by atoms with Gasteiger partial charge in [-0.25, -0.2) is 0 Å². The average molecular weight is 294 g/mol. The van der Waals surface area contributed by atoms with Crippen molar-refractivity contribution in [3.63, 3.8) is 0 Å². The normalized spacial score (nSPS) is 12.5. The molecule has 19 heavy (non-hydrogen) atoms. The van der Waals surface area contributed by atoms with Crippen LogP contribution in [-0.2, 0) is 6.42 Å². The fourth-order valence-electron chi connectivity index (χ4n) is 2.06. The Morgan fingerprint density at radius 2 is 1.79 bits per heavy atom. The third kappa shape index (κ3) is 3.30. The quantitative estimate of drug-likeness (QED) is 0.860. The monoisotopic (exact) mass is 293 g/mol. The van der Waals surface area contributed by atoms with Gasteiger partial charge in [-0.3, -0.25) is 0 Å². The maximum atomic E-state index is 6.26. The summed E-state index contributed by atoms with van der Waals surface area (Å²) in [6.07, 6.45) is 0.682. The van der Waals surface area contributed by atoms with Gasteiger partial charge in [-0.1, -0.05) is 53.5 Å². The lowest BCUT2D eigenvalue weighted by Gasteiger charge is -2.15. The molecular formula is C16H17Cl2N. The van der Waals surface area contributed by atoms with E-state index in [9.17, 15) is 0 Å². The fourth-order valence-corrected chi connectivity index (χ4v) is 2.45. The van der Waals surface area contributed by atoms with Gasteiger partial charge < -0.3 is 5.73 Å². The minimum absolute atomic E-state index is 0.0738. The van der Waals surface area contributed by atoms with Crippen LogP contribution < -0.4 is 5.73 Å². The molecular weight excluding hydrogens is 277 g/mol. The van der Waals surface area contributed by atoms with Crippen LogP contribution in [0.3, 0.4) is 0 Å². The molecule has 0 radical (unpaired) electrons. The summed E-state index contributed by atoms with van der Waals surface area (Å²) in [5, 5.41) is 1.18. The van der Waals surface area contributed by atoms with Crippen molar-refractivity contribution in [2.45, 2.75) is 26.3 Å². The van der Waals surface area contributed by atoms with E-state index in [1.165, 1.54) is 11.1 Å². The first-order valence-electron chi connectivity index (χ1n) is 6.24. The molecule has 0 saturated heterocycles. The number of halogens is 2. The van der Waals surface area contributed by atoms with Crippen molar-refractivity contribution in [1.29, 1.82) is 0 Å². The van der Waals surface area contributed by atoms with E-state index in [0.29, 0.717) is 16.5 Å². The van der Waals surface area contributed by atoms with Crippen LogP contribution in [0.5, 0.6) is 0 Å². The molecule has 2 N–H and O–H groups in total. The van der Waals surface area contributed by atoms with Gasteiger partial charge in [0.05, 0.1) is 10.0 Å². The van der Waals surface area contributed by atoms with Gasteiger partial charge in [-0.05, 0) is 48.6 Å². The Bertz CT molecular complexity index is 593. The molecule has 1 unspecified atom stereocenters. The second-order valence-corrected chi connectivity index (χ2v) is 5.65. The Balaban J connectivity index is 2.23. The molecule has 0 heterocycles. The molecule has 0 aliphatic carbocycles. The maximum Gasteiger partial charge on any atom is 0.0624 e. The summed E-state index contributed by atoms with van der Waals surface area (Å²) in [6.45, 7) is 4.19. The zero-order valence-corrected chi connectivity index (χ0v) is 12.6. The summed E-state index contributed by atoms with van der Waals surface area (Å²) in [7, 11) is 0. The van der Waals surface area contributed by atoms with Gasteiger partial charge in [0, 0.05) is 6.04 Å². The summed E-state index contributed by atoms with van der Waals surface area (Å²) in [4.78, 5) is 0. The third-order valence-corrected chi connectivity index (χ3v) is 4.29. The van der Waals surface area contributed by atoms with Crippen LogP contribution in [0.2, 0.25) is 10.0 Å².